The molecule has 122 valence electrons. The van der Waals surface area contributed by atoms with E-state index in [1.54, 1.807) is 6.08 Å². The number of carbonyl (C=O) groups excluding carboxylic acids is 1. The Bertz CT molecular complexity index is 456. The predicted molar refractivity (Wildman–Crippen MR) is 87.7 cm³/mol. The molecule has 2 saturated heterocycles. The predicted octanol–water partition coefficient (Wildman–Crippen LogP) is 2.99. The van der Waals surface area contributed by atoms with Crippen LogP contribution in [0.25, 0.3) is 0 Å². The smallest absolute Gasteiger partial charge is 0.302 e. The number of alkyl halides is 1. The summed E-state index contributed by atoms with van der Waals surface area (Å²) in [5.74, 6) is 2.22. The molecule has 0 aromatic carbocycles. The van der Waals surface area contributed by atoms with Crippen LogP contribution < -0.4 is 0 Å². The number of terminal acetylenes is 1. The molecule has 0 aliphatic carbocycles. The molecule has 0 aromatic heterocycles. The number of hydrogen-bond acceptors (Lipinski definition) is 4. The minimum atomic E-state index is -0.268. The Morgan fingerprint density at radius 1 is 1.36 bits per heavy atom. The molecular formula is C17H23BrO4. The van der Waals surface area contributed by atoms with Gasteiger partial charge >= 0.3 is 5.97 Å². The molecule has 4 nitrogen and oxygen atoms in total. The summed E-state index contributed by atoms with van der Waals surface area (Å²) < 4.78 is 17.8. The Kier molecular flexibility index (Phi) is 6.49. The summed E-state index contributed by atoms with van der Waals surface area (Å²) >= 11 is 3.68. The molecule has 2 heterocycles. The van der Waals surface area contributed by atoms with Crippen molar-refractivity contribution in [2.24, 2.45) is 0 Å². The van der Waals surface area contributed by atoms with Crippen LogP contribution in [0.15, 0.2) is 12.2 Å². The van der Waals surface area contributed by atoms with Gasteiger partial charge in [-0.2, -0.15) is 0 Å². The molecule has 0 N–H and O–H groups in total. The molecule has 0 aromatic rings. The first-order valence-electron chi connectivity index (χ1n) is 7.78. The quantitative estimate of drug-likeness (QED) is 0.433. The second-order valence-corrected chi connectivity index (χ2v) is 6.95. The summed E-state index contributed by atoms with van der Waals surface area (Å²) in [7, 11) is 0. The summed E-state index contributed by atoms with van der Waals surface area (Å²) in [6.45, 7) is 3.54. The van der Waals surface area contributed by atoms with Crippen molar-refractivity contribution < 1.29 is 19.0 Å². The first-order valence-corrected chi connectivity index (χ1v) is 8.70. The average Bonchev–Trinajstić information content (AvgIpc) is 2.87. The molecule has 0 saturated carbocycles. The van der Waals surface area contributed by atoms with Crippen molar-refractivity contribution in [3.63, 3.8) is 0 Å². The van der Waals surface area contributed by atoms with Gasteiger partial charge < -0.3 is 14.2 Å². The molecule has 2 aliphatic heterocycles. The lowest BCUT2D eigenvalue weighted by Gasteiger charge is -2.32. The van der Waals surface area contributed by atoms with E-state index in [0.29, 0.717) is 12.8 Å². The lowest BCUT2D eigenvalue weighted by atomic mass is 9.97. The van der Waals surface area contributed by atoms with Gasteiger partial charge in [-0.15, -0.1) is 6.42 Å². The zero-order valence-electron chi connectivity index (χ0n) is 13.0. The number of halogens is 1. The molecule has 0 unspecified atom stereocenters. The van der Waals surface area contributed by atoms with Crippen molar-refractivity contribution in [1.82, 2.24) is 0 Å². The highest BCUT2D eigenvalue weighted by molar-refractivity contribution is 9.09. The second kappa shape index (κ2) is 8.14. The standard InChI is InChI=1S/C17H23BrO4/c1-4-6-7-8-14-16-10-17(22-14)15(20-11(3)19)9-12(18)13(5-2)21-16/h1,6-7,12-17H,5,8-10H2,2-3H3/t12-,13+,14-,15+,16+,17+/m0/s1. The number of fused-ring (bicyclic) bond motifs is 2. The van der Waals surface area contributed by atoms with Gasteiger partial charge in [0.15, 0.2) is 0 Å². The molecule has 0 spiro atoms. The van der Waals surface area contributed by atoms with Gasteiger partial charge in [0.25, 0.3) is 0 Å². The Hall–Kier alpha value is -0.830. The zero-order valence-corrected chi connectivity index (χ0v) is 14.6. The number of ether oxygens (including phenoxy) is 3. The highest BCUT2D eigenvalue weighted by atomic mass is 79.9. The maximum absolute atomic E-state index is 11.4. The summed E-state index contributed by atoms with van der Waals surface area (Å²) in [4.78, 5) is 11.5. The number of allylic oxidation sites excluding steroid dienone is 1. The molecular weight excluding hydrogens is 348 g/mol. The van der Waals surface area contributed by atoms with Crippen molar-refractivity contribution in [2.75, 3.05) is 0 Å². The highest BCUT2D eigenvalue weighted by Crippen LogP contribution is 2.36. The van der Waals surface area contributed by atoms with Gasteiger partial charge in [-0.25, -0.2) is 0 Å². The summed E-state index contributed by atoms with van der Waals surface area (Å²) in [6.07, 6.45) is 11.6. The number of esters is 1. The minimum Gasteiger partial charge on any atom is -0.460 e. The number of hydrogen-bond donors (Lipinski definition) is 0. The van der Waals surface area contributed by atoms with E-state index >= 15 is 0 Å². The van der Waals surface area contributed by atoms with Crippen LogP contribution in [0.2, 0.25) is 0 Å². The van der Waals surface area contributed by atoms with Gasteiger partial charge in [0.05, 0.1) is 24.4 Å². The molecule has 0 radical (unpaired) electrons. The maximum Gasteiger partial charge on any atom is 0.302 e. The molecule has 2 bridgehead atoms. The Labute approximate surface area is 140 Å². The van der Waals surface area contributed by atoms with Crippen molar-refractivity contribution in [3.05, 3.63) is 12.2 Å². The molecule has 5 heteroatoms. The summed E-state index contributed by atoms with van der Waals surface area (Å²) in [5, 5.41) is 0. The normalized spacial score (nSPS) is 38.3. The molecule has 2 fully saturated rings. The first kappa shape index (κ1) is 17.5. The first-order chi connectivity index (χ1) is 10.5. The molecule has 2 rings (SSSR count). The molecule has 2 aliphatic rings. The Morgan fingerprint density at radius 2 is 2.09 bits per heavy atom. The number of rotatable bonds is 4. The largest absolute Gasteiger partial charge is 0.460 e. The van der Waals surface area contributed by atoms with Gasteiger partial charge in [0, 0.05) is 24.6 Å². The van der Waals surface area contributed by atoms with Crippen LogP contribution in [-0.4, -0.2) is 41.3 Å². The fourth-order valence-electron chi connectivity index (χ4n) is 3.13. The third-order valence-corrected chi connectivity index (χ3v) is 5.12. The van der Waals surface area contributed by atoms with E-state index in [1.165, 1.54) is 6.92 Å². The fraction of sp³-hybridized carbons (Fsp3) is 0.706. The van der Waals surface area contributed by atoms with Crippen molar-refractivity contribution in [1.29, 1.82) is 0 Å². The van der Waals surface area contributed by atoms with E-state index < -0.39 is 0 Å². The Balaban J connectivity index is 2.14. The Morgan fingerprint density at radius 3 is 2.73 bits per heavy atom. The van der Waals surface area contributed by atoms with Crippen molar-refractivity contribution in [3.8, 4) is 12.3 Å². The van der Waals surface area contributed by atoms with E-state index in [-0.39, 0.29) is 41.3 Å². The van der Waals surface area contributed by atoms with Crippen LogP contribution in [-0.2, 0) is 19.0 Å². The molecule has 6 atom stereocenters. The molecule has 22 heavy (non-hydrogen) atoms. The third kappa shape index (κ3) is 4.34. The zero-order chi connectivity index (χ0) is 16.1. The lowest BCUT2D eigenvalue weighted by molar-refractivity contribution is -0.155. The minimum absolute atomic E-state index is 0.00998. The van der Waals surface area contributed by atoms with E-state index in [0.717, 1.165) is 12.8 Å². The third-order valence-electron chi connectivity index (χ3n) is 4.16. The van der Waals surface area contributed by atoms with Crippen LogP contribution in [0, 0.1) is 12.3 Å². The van der Waals surface area contributed by atoms with Gasteiger partial charge in [0.2, 0.25) is 0 Å². The lowest BCUT2D eigenvalue weighted by Crippen LogP contribution is -2.40. The maximum atomic E-state index is 11.4. The van der Waals surface area contributed by atoms with Gasteiger partial charge in [0.1, 0.15) is 6.10 Å². The SMILES string of the molecule is C#CC=CC[C@@H]1O[C@@H]2C[C@H]1O[C@H](CC)[C@@H](Br)C[C@H]2OC(C)=O. The average molecular weight is 371 g/mol. The highest BCUT2D eigenvalue weighted by Gasteiger charge is 2.45. The van der Waals surface area contributed by atoms with Crippen molar-refractivity contribution in [2.45, 2.75) is 74.9 Å². The second-order valence-electron chi connectivity index (χ2n) is 5.77. The monoisotopic (exact) mass is 370 g/mol. The van der Waals surface area contributed by atoms with Crippen LogP contribution in [0.5, 0.6) is 0 Å². The van der Waals surface area contributed by atoms with Crippen LogP contribution in [0.4, 0.5) is 0 Å². The summed E-state index contributed by atoms with van der Waals surface area (Å²) in [5.41, 5.74) is 0. The van der Waals surface area contributed by atoms with Crippen LogP contribution in [0.3, 0.4) is 0 Å². The summed E-state index contributed by atoms with van der Waals surface area (Å²) in [6, 6.07) is 0. The van der Waals surface area contributed by atoms with Crippen LogP contribution >= 0.6 is 15.9 Å². The van der Waals surface area contributed by atoms with E-state index in [9.17, 15) is 4.79 Å². The van der Waals surface area contributed by atoms with E-state index in [1.807, 2.05) is 6.08 Å². The van der Waals surface area contributed by atoms with Gasteiger partial charge in [-0.05, 0) is 18.9 Å². The van der Waals surface area contributed by atoms with E-state index in [4.69, 9.17) is 20.6 Å². The van der Waals surface area contributed by atoms with E-state index in [2.05, 4.69) is 28.8 Å². The molecule has 0 amide bonds. The number of carbonyl (C=O) groups is 1. The van der Waals surface area contributed by atoms with Gasteiger partial charge in [-0.1, -0.05) is 34.9 Å². The van der Waals surface area contributed by atoms with Crippen molar-refractivity contribution >= 4 is 21.9 Å². The van der Waals surface area contributed by atoms with Crippen LogP contribution in [0.1, 0.15) is 39.5 Å². The van der Waals surface area contributed by atoms with Gasteiger partial charge in [-0.3, -0.25) is 4.79 Å². The topological polar surface area (TPSA) is 44.8 Å². The fourth-order valence-corrected chi connectivity index (χ4v) is 4.00.